The molecule has 0 amide bonds. The number of nitrogens with zero attached hydrogens (tertiary/aromatic N) is 1. The lowest BCUT2D eigenvalue weighted by molar-refractivity contribution is 1.30. The van der Waals surface area contributed by atoms with Crippen LogP contribution >= 0.6 is 22.7 Å². The zero-order valence-electron chi connectivity index (χ0n) is 32.0. The van der Waals surface area contributed by atoms with Crippen LogP contribution in [-0.2, 0) is 0 Å². The third-order valence-electron chi connectivity index (χ3n) is 11.8. The average molecular weight is 786 g/mol. The Bertz CT molecular complexity index is 3550. The quantitative estimate of drug-likeness (QED) is 0.162. The third-order valence-corrected chi connectivity index (χ3v) is 14.1. The molecule has 0 atom stereocenters. The van der Waals surface area contributed by atoms with Gasteiger partial charge in [0, 0.05) is 51.7 Å². The second-order valence-corrected chi connectivity index (χ2v) is 17.4. The third kappa shape index (κ3) is 5.66. The Labute approximate surface area is 350 Å². The Hall–Kier alpha value is -7.04. The van der Waals surface area contributed by atoms with Crippen LogP contribution in [0.4, 0.5) is 17.1 Å². The Morgan fingerprint density at radius 2 is 0.881 bits per heavy atom. The van der Waals surface area contributed by atoms with Crippen LogP contribution in [0.1, 0.15) is 0 Å². The molecule has 276 valence electrons. The Morgan fingerprint density at radius 1 is 0.288 bits per heavy atom. The average Bonchev–Trinajstić information content (AvgIpc) is 3.87. The molecule has 2 aromatic heterocycles. The summed E-state index contributed by atoms with van der Waals surface area (Å²) in [6, 6.07) is 78.3. The second kappa shape index (κ2) is 13.8. The van der Waals surface area contributed by atoms with Gasteiger partial charge in [0.25, 0.3) is 0 Å². The van der Waals surface area contributed by atoms with E-state index in [4.69, 9.17) is 0 Å². The summed E-state index contributed by atoms with van der Waals surface area (Å²) in [5, 5.41) is 10.2. The number of fused-ring (bicyclic) bond motifs is 8. The van der Waals surface area contributed by atoms with Crippen LogP contribution in [0.2, 0.25) is 0 Å². The van der Waals surface area contributed by atoms with Crippen LogP contribution in [0, 0.1) is 0 Å². The van der Waals surface area contributed by atoms with Gasteiger partial charge in [-0.1, -0.05) is 152 Å². The lowest BCUT2D eigenvalue weighted by atomic mass is 9.91. The maximum atomic E-state index is 2.47. The molecule has 0 N–H and O–H groups in total. The molecule has 0 aliphatic rings. The summed E-state index contributed by atoms with van der Waals surface area (Å²) < 4.78 is 5.20. The predicted molar refractivity (Wildman–Crippen MR) is 258 cm³/mol. The van der Waals surface area contributed by atoms with Gasteiger partial charge in [0.15, 0.2) is 0 Å². The summed E-state index contributed by atoms with van der Waals surface area (Å²) in [4.78, 5) is 2.47. The van der Waals surface area contributed by atoms with E-state index in [1.54, 1.807) is 0 Å². The van der Waals surface area contributed by atoms with Gasteiger partial charge < -0.3 is 4.90 Å². The fraction of sp³-hybridized carbons (Fsp3) is 0. The monoisotopic (exact) mass is 785 g/mol. The molecule has 0 aliphatic carbocycles. The van der Waals surface area contributed by atoms with Crippen molar-refractivity contribution in [2.24, 2.45) is 0 Å². The zero-order valence-corrected chi connectivity index (χ0v) is 33.6. The molecular formula is C56H35NS2. The fourth-order valence-corrected chi connectivity index (χ4v) is 11.4. The molecule has 59 heavy (non-hydrogen) atoms. The van der Waals surface area contributed by atoms with Crippen molar-refractivity contribution in [1.82, 2.24) is 0 Å². The number of hydrogen-bond acceptors (Lipinski definition) is 3. The van der Waals surface area contributed by atoms with Crippen molar-refractivity contribution in [3.8, 4) is 33.4 Å². The van der Waals surface area contributed by atoms with Gasteiger partial charge in [0.05, 0.1) is 5.69 Å². The summed E-state index contributed by atoms with van der Waals surface area (Å²) in [6.07, 6.45) is 0. The maximum absolute atomic E-state index is 2.47. The maximum Gasteiger partial charge on any atom is 0.0554 e. The summed E-state index contributed by atoms with van der Waals surface area (Å²) in [6.45, 7) is 0. The molecule has 0 radical (unpaired) electrons. The van der Waals surface area contributed by atoms with Crippen molar-refractivity contribution in [3.63, 3.8) is 0 Å². The first-order chi connectivity index (χ1) is 29.2. The molecule has 1 nitrogen and oxygen atoms in total. The molecule has 10 aromatic carbocycles. The van der Waals surface area contributed by atoms with Crippen LogP contribution in [0.5, 0.6) is 0 Å². The van der Waals surface area contributed by atoms with E-state index >= 15 is 0 Å². The van der Waals surface area contributed by atoms with E-state index in [-0.39, 0.29) is 0 Å². The number of thiophene rings is 2. The number of hydrogen-bond donors (Lipinski definition) is 0. The highest BCUT2D eigenvalue weighted by molar-refractivity contribution is 7.26. The van der Waals surface area contributed by atoms with Crippen molar-refractivity contribution in [1.29, 1.82) is 0 Å². The molecule has 3 heteroatoms. The van der Waals surface area contributed by atoms with Gasteiger partial charge in [0.2, 0.25) is 0 Å². The highest BCUT2D eigenvalue weighted by Crippen LogP contribution is 2.49. The SMILES string of the molecule is c1ccc(-c2cc(N(c3ccc(-c4cccc5ccccc45)cc3)c3cccc4sc5ccccc5c34)ccc2-c2cccc3sc4cc5ccccc5cc4c23)cc1. The van der Waals surface area contributed by atoms with E-state index in [1.807, 2.05) is 22.7 Å². The van der Waals surface area contributed by atoms with Gasteiger partial charge in [0.1, 0.15) is 0 Å². The molecule has 0 aliphatic heterocycles. The largest absolute Gasteiger partial charge is 0.310 e. The molecule has 12 aromatic rings. The Kier molecular flexibility index (Phi) is 7.97. The minimum Gasteiger partial charge on any atom is -0.310 e. The first kappa shape index (κ1) is 34.0. The molecule has 0 bridgehead atoms. The van der Waals surface area contributed by atoms with Crippen LogP contribution in [0.15, 0.2) is 212 Å². The van der Waals surface area contributed by atoms with E-state index in [2.05, 4.69) is 217 Å². The summed E-state index contributed by atoms with van der Waals surface area (Å²) in [7, 11) is 0. The summed E-state index contributed by atoms with van der Waals surface area (Å²) in [5.41, 5.74) is 10.7. The minimum atomic E-state index is 1.11. The van der Waals surface area contributed by atoms with E-state index < -0.39 is 0 Å². The Morgan fingerprint density at radius 3 is 1.73 bits per heavy atom. The lowest BCUT2D eigenvalue weighted by Gasteiger charge is -2.28. The summed E-state index contributed by atoms with van der Waals surface area (Å²) >= 11 is 3.75. The van der Waals surface area contributed by atoms with Crippen LogP contribution in [-0.4, -0.2) is 0 Å². The van der Waals surface area contributed by atoms with Crippen molar-refractivity contribution in [3.05, 3.63) is 212 Å². The zero-order chi connectivity index (χ0) is 38.9. The predicted octanol–water partition coefficient (Wildman–Crippen LogP) is 17.2. The highest BCUT2D eigenvalue weighted by Gasteiger charge is 2.22. The minimum absolute atomic E-state index is 1.11. The van der Waals surface area contributed by atoms with Crippen LogP contribution in [0.25, 0.3) is 95.3 Å². The smallest absolute Gasteiger partial charge is 0.0554 e. The van der Waals surface area contributed by atoms with E-state index in [0.29, 0.717) is 0 Å². The standard InChI is InChI=1S/C56H35NS2/c1-2-13-37(14-3-1)48-35-42(31-32-45(48)46-22-11-25-52-55(46)49-33-39-16-4-5-17-40(39)34-54(49)59-52)57(50-23-12-26-53-56(50)47-20-8-9-24-51(47)58-53)41-29-27-38(28-30-41)44-21-10-18-36-15-6-7-19-43(36)44/h1-35H. The molecule has 2 heterocycles. The van der Waals surface area contributed by atoms with Crippen molar-refractivity contribution >= 4 is 102 Å². The van der Waals surface area contributed by atoms with Crippen molar-refractivity contribution < 1.29 is 0 Å². The molecule has 0 saturated carbocycles. The highest BCUT2D eigenvalue weighted by atomic mass is 32.1. The second-order valence-electron chi connectivity index (χ2n) is 15.2. The molecule has 0 spiro atoms. The van der Waals surface area contributed by atoms with Crippen molar-refractivity contribution in [2.75, 3.05) is 4.90 Å². The van der Waals surface area contributed by atoms with Gasteiger partial charge in [-0.2, -0.15) is 0 Å². The van der Waals surface area contributed by atoms with Crippen molar-refractivity contribution in [2.45, 2.75) is 0 Å². The molecule has 0 saturated heterocycles. The molecule has 0 fully saturated rings. The molecular weight excluding hydrogens is 751 g/mol. The van der Waals surface area contributed by atoms with Gasteiger partial charge >= 0.3 is 0 Å². The van der Waals surface area contributed by atoms with E-state index in [1.165, 1.54) is 101 Å². The van der Waals surface area contributed by atoms with Crippen LogP contribution in [0.3, 0.4) is 0 Å². The van der Waals surface area contributed by atoms with Gasteiger partial charge in [-0.05, 0) is 116 Å². The fourth-order valence-electron chi connectivity index (χ4n) is 9.14. The summed E-state index contributed by atoms with van der Waals surface area (Å²) in [5.74, 6) is 0. The van der Waals surface area contributed by atoms with E-state index in [9.17, 15) is 0 Å². The Balaban J connectivity index is 1.09. The lowest BCUT2D eigenvalue weighted by Crippen LogP contribution is -2.10. The number of rotatable bonds is 6. The van der Waals surface area contributed by atoms with Gasteiger partial charge in [-0.3, -0.25) is 0 Å². The first-order valence-electron chi connectivity index (χ1n) is 20.1. The molecule has 0 unspecified atom stereocenters. The topological polar surface area (TPSA) is 3.24 Å². The first-order valence-corrected chi connectivity index (χ1v) is 21.7. The van der Waals surface area contributed by atoms with Crippen LogP contribution < -0.4 is 4.90 Å². The van der Waals surface area contributed by atoms with E-state index in [0.717, 1.165) is 11.4 Å². The van der Waals surface area contributed by atoms with Gasteiger partial charge in [-0.25, -0.2) is 0 Å². The van der Waals surface area contributed by atoms with Gasteiger partial charge in [-0.15, -0.1) is 22.7 Å². The normalized spacial score (nSPS) is 11.7. The number of anilines is 3. The molecule has 12 rings (SSSR count). The number of benzene rings is 10.